The number of sulfonamides is 1. The average molecular weight is 446 g/mol. The zero-order chi connectivity index (χ0) is 23.2. The summed E-state index contributed by atoms with van der Waals surface area (Å²) in [5, 5.41) is 8.76. The van der Waals surface area contributed by atoms with Crippen molar-refractivity contribution in [2.45, 2.75) is 31.1 Å². The lowest BCUT2D eigenvalue weighted by atomic mass is 9.80. The molecule has 2 aromatic rings. The third kappa shape index (κ3) is 3.42. The molecule has 0 radical (unpaired) electrons. The summed E-state index contributed by atoms with van der Waals surface area (Å²) in [6, 6.07) is 5.55. The maximum atomic E-state index is 14.9. The van der Waals surface area contributed by atoms with E-state index in [1.165, 1.54) is 40.0 Å². The SMILES string of the molecule is CN1C(N)=N[C@](C)(c2cc(/C=C(\F)c3cnc(C#N)cn3)ccc2F)C(C)(C)S1(=O)=O. The van der Waals surface area contributed by atoms with Crippen molar-refractivity contribution >= 4 is 27.9 Å². The third-order valence-electron chi connectivity index (χ3n) is 5.66. The van der Waals surface area contributed by atoms with E-state index < -0.39 is 32.0 Å². The second-order valence-corrected chi connectivity index (χ2v) is 10.2. The molecule has 1 aliphatic rings. The number of hydrogen-bond acceptors (Lipinski definition) is 7. The minimum Gasteiger partial charge on any atom is -0.369 e. The lowest BCUT2D eigenvalue weighted by molar-refractivity contribution is 0.327. The van der Waals surface area contributed by atoms with Gasteiger partial charge in [0.1, 0.15) is 27.9 Å². The third-order valence-corrected chi connectivity index (χ3v) is 8.25. The second-order valence-electron chi connectivity index (χ2n) is 7.66. The largest absolute Gasteiger partial charge is 0.369 e. The normalized spacial score (nSPS) is 22.5. The average Bonchev–Trinajstić information content (AvgIpc) is 2.73. The number of aliphatic imine (C=N–C) groups is 1. The van der Waals surface area contributed by atoms with E-state index in [0.29, 0.717) is 0 Å². The Morgan fingerprint density at radius 2 is 1.94 bits per heavy atom. The first-order chi connectivity index (χ1) is 14.3. The van der Waals surface area contributed by atoms with Crippen molar-refractivity contribution in [2.24, 2.45) is 10.7 Å². The Bertz CT molecular complexity index is 1250. The van der Waals surface area contributed by atoms with Crippen LogP contribution in [0.15, 0.2) is 35.6 Å². The van der Waals surface area contributed by atoms with Crippen LogP contribution in [0, 0.1) is 17.1 Å². The number of hydrogen-bond donors (Lipinski definition) is 1. The van der Waals surface area contributed by atoms with E-state index in [0.717, 1.165) is 28.8 Å². The highest BCUT2D eigenvalue weighted by molar-refractivity contribution is 7.91. The van der Waals surface area contributed by atoms with Crippen molar-refractivity contribution in [3.63, 3.8) is 0 Å². The van der Waals surface area contributed by atoms with Gasteiger partial charge in [-0.2, -0.15) is 5.26 Å². The molecule has 8 nitrogen and oxygen atoms in total. The number of benzene rings is 1. The summed E-state index contributed by atoms with van der Waals surface area (Å²) in [5.74, 6) is -1.75. The number of aromatic nitrogens is 2. The van der Waals surface area contributed by atoms with Crippen molar-refractivity contribution < 1.29 is 17.2 Å². The predicted octanol–water partition coefficient (Wildman–Crippen LogP) is 2.54. The molecule has 0 fully saturated rings. The molecule has 1 aromatic heterocycles. The van der Waals surface area contributed by atoms with Crippen molar-refractivity contribution in [1.82, 2.24) is 14.3 Å². The summed E-state index contributed by atoms with van der Waals surface area (Å²) in [5.41, 5.74) is 4.37. The van der Waals surface area contributed by atoms with Crippen molar-refractivity contribution in [3.8, 4) is 6.07 Å². The standard InChI is InChI=1S/C20H20F2N6O2S/c1-19(2)20(3,27-18(24)28(4)31(19,29)30)14-7-12(5-6-15(14)21)8-16(22)17-11-25-13(9-23)10-26-17/h5-8,10-11H,1-4H3,(H2,24,27)/b16-8-/t20-/m1/s1. The van der Waals surface area contributed by atoms with Gasteiger partial charge >= 0.3 is 0 Å². The van der Waals surface area contributed by atoms with Gasteiger partial charge in [-0.1, -0.05) is 6.07 Å². The van der Waals surface area contributed by atoms with Gasteiger partial charge in [0.15, 0.2) is 11.5 Å². The highest BCUT2D eigenvalue weighted by atomic mass is 32.2. The van der Waals surface area contributed by atoms with Crippen LogP contribution in [0.5, 0.6) is 0 Å². The molecular formula is C20H20F2N6O2S. The summed E-state index contributed by atoms with van der Waals surface area (Å²) < 4.78 is 54.8. The molecule has 31 heavy (non-hydrogen) atoms. The van der Waals surface area contributed by atoms with Crippen molar-refractivity contribution in [1.29, 1.82) is 5.26 Å². The number of rotatable bonds is 3. The van der Waals surface area contributed by atoms with Crippen LogP contribution in [-0.4, -0.2) is 40.4 Å². The number of halogens is 2. The number of guanidine groups is 1. The Hall–Kier alpha value is -3.39. The maximum Gasteiger partial charge on any atom is 0.245 e. The smallest absolute Gasteiger partial charge is 0.245 e. The Balaban J connectivity index is 2.14. The molecule has 0 spiro atoms. The molecule has 2 heterocycles. The topological polar surface area (TPSA) is 125 Å². The molecule has 0 amide bonds. The summed E-state index contributed by atoms with van der Waals surface area (Å²) in [4.78, 5) is 11.9. The van der Waals surface area contributed by atoms with Gasteiger partial charge in [0.05, 0.1) is 12.4 Å². The quantitative estimate of drug-likeness (QED) is 0.772. The van der Waals surface area contributed by atoms with Gasteiger partial charge in [-0.25, -0.2) is 36.5 Å². The number of nitrogens with zero attached hydrogens (tertiary/aromatic N) is 5. The highest BCUT2D eigenvalue weighted by Crippen LogP contribution is 2.46. The minimum atomic E-state index is -3.97. The molecule has 0 saturated carbocycles. The molecule has 1 aliphatic heterocycles. The number of nitriles is 1. The Kier molecular flexibility index (Phi) is 5.31. The second kappa shape index (κ2) is 7.39. The van der Waals surface area contributed by atoms with Gasteiger partial charge in [-0.15, -0.1) is 0 Å². The maximum absolute atomic E-state index is 14.9. The van der Waals surface area contributed by atoms with Gasteiger partial charge in [-0.3, -0.25) is 0 Å². The molecule has 11 heteroatoms. The molecule has 2 N–H and O–H groups in total. The first-order valence-corrected chi connectivity index (χ1v) is 10.5. The van der Waals surface area contributed by atoms with Crippen LogP contribution in [0.4, 0.5) is 8.78 Å². The lowest BCUT2D eigenvalue weighted by Gasteiger charge is -2.46. The van der Waals surface area contributed by atoms with Crippen molar-refractivity contribution in [2.75, 3.05) is 7.05 Å². The minimum absolute atomic E-state index is 0.0368. The van der Waals surface area contributed by atoms with Gasteiger partial charge < -0.3 is 5.73 Å². The van der Waals surface area contributed by atoms with E-state index in [-0.39, 0.29) is 28.5 Å². The van der Waals surface area contributed by atoms with Crippen molar-refractivity contribution in [3.05, 3.63) is 58.9 Å². The van der Waals surface area contributed by atoms with Crippen LogP contribution in [0.25, 0.3) is 11.9 Å². The monoisotopic (exact) mass is 446 g/mol. The van der Waals surface area contributed by atoms with Crippen LogP contribution in [0.3, 0.4) is 0 Å². The van der Waals surface area contributed by atoms with Crippen LogP contribution in [-0.2, 0) is 15.6 Å². The van der Waals surface area contributed by atoms with Gasteiger partial charge in [0.2, 0.25) is 16.0 Å². The van der Waals surface area contributed by atoms with Gasteiger partial charge in [0, 0.05) is 12.6 Å². The molecule has 3 rings (SSSR count). The van der Waals surface area contributed by atoms with Crippen LogP contribution < -0.4 is 5.73 Å². The van der Waals surface area contributed by atoms with E-state index in [2.05, 4.69) is 15.0 Å². The predicted molar refractivity (Wildman–Crippen MR) is 112 cm³/mol. The first-order valence-electron chi connectivity index (χ1n) is 9.08. The zero-order valence-electron chi connectivity index (χ0n) is 17.3. The molecule has 0 unspecified atom stereocenters. The van der Waals surface area contributed by atoms with E-state index >= 15 is 0 Å². The Morgan fingerprint density at radius 3 is 2.52 bits per heavy atom. The summed E-state index contributed by atoms with van der Waals surface area (Å²) in [6.07, 6.45) is 3.34. The number of nitrogens with two attached hydrogens (primary N) is 1. The molecule has 1 atom stereocenters. The van der Waals surface area contributed by atoms with Crippen LogP contribution >= 0.6 is 0 Å². The van der Waals surface area contributed by atoms with Gasteiger partial charge in [0.25, 0.3) is 0 Å². The molecule has 1 aromatic carbocycles. The zero-order valence-corrected chi connectivity index (χ0v) is 18.1. The van der Waals surface area contributed by atoms with Crippen LogP contribution in [0.2, 0.25) is 0 Å². The first kappa shape index (κ1) is 22.3. The Morgan fingerprint density at radius 1 is 1.26 bits per heavy atom. The fourth-order valence-corrected chi connectivity index (χ4v) is 4.90. The molecule has 0 bridgehead atoms. The van der Waals surface area contributed by atoms with E-state index in [4.69, 9.17) is 11.0 Å². The lowest BCUT2D eigenvalue weighted by Crippen LogP contribution is -2.62. The molecular weight excluding hydrogens is 426 g/mol. The summed E-state index contributed by atoms with van der Waals surface area (Å²) in [6.45, 7) is 4.34. The fraction of sp³-hybridized carbons (Fsp3) is 0.300. The van der Waals surface area contributed by atoms with Crippen LogP contribution in [0.1, 0.15) is 43.3 Å². The van der Waals surface area contributed by atoms with E-state index in [1.54, 1.807) is 6.07 Å². The fourth-order valence-electron chi connectivity index (χ4n) is 3.27. The van der Waals surface area contributed by atoms with E-state index in [1.807, 2.05) is 0 Å². The molecule has 162 valence electrons. The Labute approximate surface area is 178 Å². The van der Waals surface area contributed by atoms with E-state index in [9.17, 15) is 17.2 Å². The summed E-state index contributed by atoms with van der Waals surface area (Å²) in [7, 11) is -2.69. The molecule has 0 aliphatic carbocycles. The van der Waals surface area contributed by atoms with Gasteiger partial charge in [-0.05, 0) is 44.5 Å². The molecule has 0 saturated heterocycles. The summed E-state index contributed by atoms with van der Waals surface area (Å²) >= 11 is 0. The highest BCUT2D eigenvalue weighted by Gasteiger charge is 2.57.